The maximum Gasteiger partial charge on any atom is 0.247 e. The lowest BCUT2D eigenvalue weighted by molar-refractivity contribution is -0.126. The molecule has 1 aromatic carbocycles. The highest BCUT2D eigenvalue weighted by Gasteiger charge is 2.41. The molecule has 0 radical (unpaired) electrons. The second-order valence-electron chi connectivity index (χ2n) is 5.25. The van der Waals surface area contributed by atoms with Gasteiger partial charge in [-0.25, -0.2) is 4.39 Å². The fourth-order valence-electron chi connectivity index (χ4n) is 2.78. The molecule has 1 amide bonds. The lowest BCUT2D eigenvalue weighted by Gasteiger charge is -2.35. The van der Waals surface area contributed by atoms with E-state index >= 15 is 0 Å². The highest BCUT2D eigenvalue weighted by molar-refractivity contribution is 6.01. The molecule has 0 unspecified atom stereocenters. The molecule has 4 nitrogen and oxygen atoms in total. The minimum atomic E-state index is -0.869. The maximum absolute atomic E-state index is 13.3. The minimum absolute atomic E-state index is 0. The molecule has 0 bridgehead atoms. The van der Waals surface area contributed by atoms with Crippen LogP contribution in [-0.2, 0) is 16.0 Å². The van der Waals surface area contributed by atoms with Crippen LogP contribution in [0.5, 0.6) is 0 Å². The average molecular weight is 301 g/mol. The molecule has 0 spiro atoms. The standard InChI is InChI=1S/C14H17FN2O2.ClH/c15-11-2-1-10-3-6-17(12(10)9-11)13(18)14(16)4-7-19-8-5-14;/h1-2,9H,3-8,16H2;1H. The Bertz CT molecular complexity index is 518. The number of nitrogens with two attached hydrogens (primary N) is 1. The Morgan fingerprint density at radius 2 is 2.05 bits per heavy atom. The van der Waals surface area contributed by atoms with Gasteiger partial charge in [-0.2, -0.15) is 0 Å². The van der Waals surface area contributed by atoms with Gasteiger partial charge in [-0.15, -0.1) is 12.4 Å². The van der Waals surface area contributed by atoms with E-state index in [0.717, 1.165) is 12.0 Å². The van der Waals surface area contributed by atoms with Crippen molar-refractivity contribution in [2.45, 2.75) is 24.8 Å². The quantitative estimate of drug-likeness (QED) is 0.858. The second kappa shape index (κ2) is 5.68. The van der Waals surface area contributed by atoms with Crippen LogP contribution in [0.15, 0.2) is 18.2 Å². The van der Waals surface area contributed by atoms with E-state index in [1.807, 2.05) is 0 Å². The summed E-state index contributed by atoms with van der Waals surface area (Å²) in [6.07, 6.45) is 1.80. The zero-order chi connectivity index (χ0) is 13.5. The Morgan fingerprint density at radius 3 is 2.75 bits per heavy atom. The maximum atomic E-state index is 13.3. The van der Waals surface area contributed by atoms with Crippen LogP contribution < -0.4 is 10.6 Å². The Morgan fingerprint density at radius 1 is 1.35 bits per heavy atom. The van der Waals surface area contributed by atoms with Gasteiger partial charge in [0.1, 0.15) is 11.4 Å². The van der Waals surface area contributed by atoms with Gasteiger partial charge < -0.3 is 15.4 Å². The van der Waals surface area contributed by atoms with Crippen LogP contribution in [0.25, 0.3) is 0 Å². The molecule has 2 aliphatic heterocycles. The van der Waals surface area contributed by atoms with E-state index in [2.05, 4.69) is 0 Å². The van der Waals surface area contributed by atoms with Crippen molar-refractivity contribution in [3.63, 3.8) is 0 Å². The van der Waals surface area contributed by atoms with E-state index in [9.17, 15) is 9.18 Å². The Labute approximate surface area is 123 Å². The van der Waals surface area contributed by atoms with Gasteiger partial charge in [0, 0.05) is 25.4 Å². The first-order valence-corrected chi connectivity index (χ1v) is 6.57. The van der Waals surface area contributed by atoms with Crippen LogP contribution in [0.2, 0.25) is 0 Å². The fraction of sp³-hybridized carbons (Fsp3) is 0.500. The van der Waals surface area contributed by atoms with E-state index in [4.69, 9.17) is 10.5 Å². The van der Waals surface area contributed by atoms with Crippen LogP contribution in [0.3, 0.4) is 0 Å². The fourth-order valence-corrected chi connectivity index (χ4v) is 2.78. The number of fused-ring (bicyclic) bond motifs is 1. The summed E-state index contributed by atoms with van der Waals surface area (Å²) >= 11 is 0. The lowest BCUT2D eigenvalue weighted by atomic mass is 9.89. The lowest BCUT2D eigenvalue weighted by Crippen LogP contribution is -2.58. The Hall–Kier alpha value is -1.17. The number of hydrogen-bond acceptors (Lipinski definition) is 3. The van der Waals surface area contributed by atoms with Gasteiger partial charge >= 0.3 is 0 Å². The molecule has 1 saturated heterocycles. The van der Waals surface area contributed by atoms with Crippen molar-refractivity contribution < 1.29 is 13.9 Å². The summed E-state index contributed by atoms with van der Waals surface area (Å²) in [5.74, 6) is -0.434. The van der Waals surface area contributed by atoms with Gasteiger partial charge in [0.15, 0.2) is 0 Å². The number of rotatable bonds is 1. The first-order valence-electron chi connectivity index (χ1n) is 6.57. The molecule has 3 rings (SSSR count). The summed E-state index contributed by atoms with van der Waals surface area (Å²) in [7, 11) is 0. The Kier molecular flexibility index (Phi) is 4.32. The first kappa shape index (κ1) is 15.2. The molecular formula is C14H18ClFN2O2. The third-order valence-corrected chi connectivity index (χ3v) is 4.00. The number of carbonyl (C=O) groups is 1. The number of nitrogens with zero attached hydrogens (tertiary/aromatic N) is 1. The van der Waals surface area contributed by atoms with Crippen LogP contribution in [0.1, 0.15) is 18.4 Å². The summed E-state index contributed by atoms with van der Waals surface area (Å²) in [4.78, 5) is 14.2. The highest BCUT2D eigenvalue weighted by atomic mass is 35.5. The minimum Gasteiger partial charge on any atom is -0.381 e. The topological polar surface area (TPSA) is 55.6 Å². The van der Waals surface area contributed by atoms with Crippen LogP contribution >= 0.6 is 12.4 Å². The molecular weight excluding hydrogens is 283 g/mol. The number of carbonyl (C=O) groups excluding carboxylic acids is 1. The number of ether oxygens (including phenoxy) is 1. The van der Waals surface area contributed by atoms with Crippen molar-refractivity contribution in [2.75, 3.05) is 24.7 Å². The molecule has 6 heteroatoms. The molecule has 0 saturated carbocycles. The molecule has 0 aliphatic carbocycles. The van der Waals surface area contributed by atoms with Gasteiger partial charge in [0.25, 0.3) is 0 Å². The predicted octanol–water partition coefficient (Wildman–Crippen LogP) is 1.64. The van der Waals surface area contributed by atoms with E-state index in [0.29, 0.717) is 38.3 Å². The van der Waals surface area contributed by atoms with Crippen LogP contribution in [0, 0.1) is 5.82 Å². The van der Waals surface area contributed by atoms with Crippen molar-refractivity contribution in [2.24, 2.45) is 5.73 Å². The zero-order valence-corrected chi connectivity index (χ0v) is 11.9. The largest absolute Gasteiger partial charge is 0.381 e. The van der Waals surface area contributed by atoms with Crippen molar-refractivity contribution in [1.29, 1.82) is 0 Å². The molecule has 2 aliphatic rings. The van der Waals surface area contributed by atoms with Crippen LogP contribution in [-0.4, -0.2) is 31.2 Å². The van der Waals surface area contributed by atoms with Crippen molar-refractivity contribution >= 4 is 24.0 Å². The molecule has 1 fully saturated rings. The first-order chi connectivity index (χ1) is 9.10. The predicted molar refractivity (Wildman–Crippen MR) is 76.7 cm³/mol. The third kappa shape index (κ3) is 2.53. The summed E-state index contributed by atoms with van der Waals surface area (Å²) in [5, 5.41) is 0. The number of halogens is 2. The van der Waals surface area contributed by atoms with E-state index in [1.165, 1.54) is 12.1 Å². The van der Waals surface area contributed by atoms with Gasteiger partial charge in [-0.05, 0) is 37.0 Å². The molecule has 0 atom stereocenters. The molecule has 2 heterocycles. The SMILES string of the molecule is Cl.NC1(C(=O)N2CCc3ccc(F)cc32)CCOCC1. The summed E-state index contributed by atoms with van der Waals surface area (Å²) < 4.78 is 18.6. The summed E-state index contributed by atoms with van der Waals surface area (Å²) in [6.45, 7) is 1.59. The number of benzene rings is 1. The number of anilines is 1. The third-order valence-electron chi connectivity index (χ3n) is 4.00. The van der Waals surface area contributed by atoms with Crippen molar-refractivity contribution in [3.05, 3.63) is 29.6 Å². The molecule has 1 aromatic rings. The van der Waals surface area contributed by atoms with E-state index in [1.54, 1.807) is 11.0 Å². The number of amides is 1. The van der Waals surface area contributed by atoms with Crippen LogP contribution in [0.4, 0.5) is 10.1 Å². The van der Waals surface area contributed by atoms with E-state index < -0.39 is 5.54 Å². The van der Waals surface area contributed by atoms with Gasteiger partial charge in [-0.3, -0.25) is 4.79 Å². The normalized spacial score (nSPS) is 20.2. The monoisotopic (exact) mass is 300 g/mol. The average Bonchev–Trinajstić information content (AvgIpc) is 2.81. The highest BCUT2D eigenvalue weighted by Crippen LogP contribution is 2.32. The van der Waals surface area contributed by atoms with Crippen molar-refractivity contribution in [3.8, 4) is 0 Å². The molecule has 110 valence electrons. The summed E-state index contributed by atoms with van der Waals surface area (Å²) in [6, 6.07) is 4.59. The van der Waals surface area contributed by atoms with E-state index in [-0.39, 0.29) is 24.1 Å². The van der Waals surface area contributed by atoms with Crippen molar-refractivity contribution in [1.82, 2.24) is 0 Å². The molecule has 0 aromatic heterocycles. The molecule has 20 heavy (non-hydrogen) atoms. The van der Waals surface area contributed by atoms with Gasteiger partial charge in [-0.1, -0.05) is 6.07 Å². The summed E-state index contributed by atoms with van der Waals surface area (Å²) in [5.41, 5.74) is 7.02. The van der Waals surface area contributed by atoms with Gasteiger partial charge in [0.05, 0.1) is 0 Å². The molecule has 2 N–H and O–H groups in total. The smallest absolute Gasteiger partial charge is 0.247 e. The second-order valence-corrected chi connectivity index (χ2v) is 5.25. The number of hydrogen-bond donors (Lipinski definition) is 1. The van der Waals surface area contributed by atoms with Gasteiger partial charge in [0.2, 0.25) is 5.91 Å². The zero-order valence-electron chi connectivity index (χ0n) is 11.1. The Balaban J connectivity index is 0.00000147.